The summed E-state index contributed by atoms with van der Waals surface area (Å²) in [4.78, 5) is 13.9. The van der Waals surface area contributed by atoms with E-state index in [1.54, 1.807) is 6.07 Å². The molecule has 74 valence electrons. The second-order valence-electron chi connectivity index (χ2n) is 2.40. The Morgan fingerprint density at radius 3 is 2.43 bits per heavy atom. The highest BCUT2D eigenvalue weighted by atomic mass is 35.6. The number of aliphatic imine (C=N–C) groups is 1. The Labute approximate surface area is 101 Å². The Bertz CT molecular complexity index is 396. The first kappa shape index (κ1) is 11.9. The van der Waals surface area contributed by atoms with Gasteiger partial charge in [-0.05, 0) is 12.1 Å². The Balaban J connectivity index is 3.19. The van der Waals surface area contributed by atoms with Gasteiger partial charge in [0.15, 0.2) is 0 Å². The molecule has 0 aliphatic carbocycles. The maximum absolute atomic E-state index is 10.0. The number of carbonyl (C=O) groups excluding carboxylic acids is 1. The summed E-state index contributed by atoms with van der Waals surface area (Å²) in [5.74, 6) is 0. The Morgan fingerprint density at radius 2 is 2.00 bits per heavy atom. The van der Waals surface area contributed by atoms with Crippen LogP contribution in [0.5, 0.6) is 0 Å². The van der Waals surface area contributed by atoms with Gasteiger partial charge in [0.1, 0.15) is 0 Å². The number of nitrogens with zero attached hydrogens (tertiary/aromatic N) is 1. The minimum atomic E-state index is -1.50. The number of halogens is 3. The first-order valence-corrected chi connectivity index (χ1v) is 5.01. The topological polar surface area (TPSA) is 29.4 Å². The molecule has 0 aromatic heterocycles. The van der Waals surface area contributed by atoms with E-state index in [1.165, 1.54) is 18.2 Å². The fourth-order valence-corrected chi connectivity index (χ4v) is 1.46. The van der Waals surface area contributed by atoms with Crippen molar-refractivity contribution in [2.45, 2.75) is 8.69 Å². The molecule has 6 heteroatoms. The monoisotopic (exact) mass is 267 g/mol. The molecule has 14 heavy (non-hydrogen) atoms. The summed E-state index contributed by atoms with van der Waals surface area (Å²) in [6.45, 7) is 0. The molecular weight excluding hydrogens is 265 g/mol. The molecule has 0 amide bonds. The van der Waals surface area contributed by atoms with Crippen LogP contribution in [0.2, 0.25) is 0 Å². The number of alkyl halides is 3. The van der Waals surface area contributed by atoms with Crippen LogP contribution < -0.4 is 0 Å². The summed E-state index contributed by atoms with van der Waals surface area (Å²) in [5, 5.41) is 0. The van der Waals surface area contributed by atoms with Gasteiger partial charge in [-0.15, -0.1) is 12.6 Å². The van der Waals surface area contributed by atoms with Gasteiger partial charge in [-0.2, -0.15) is 4.99 Å². The quantitative estimate of drug-likeness (QED) is 0.357. The van der Waals surface area contributed by atoms with Gasteiger partial charge in [0.25, 0.3) is 0 Å². The van der Waals surface area contributed by atoms with Crippen LogP contribution in [0, 0.1) is 0 Å². The molecule has 0 bridgehead atoms. The van der Waals surface area contributed by atoms with Crippen molar-refractivity contribution in [2.24, 2.45) is 4.99 Å². The van der Waals surface area contributed by atoms with E-state index in [0.29, 0.717) is 16.1 Å². The largest absolute Gasteiger partial charge is 0.240 e. The summed E-state index contributed by atoms with van der Waals surface area (Å²) in [6.07, 6.45) is 1.41. The van der Waals surface area contributed by atoms with Crippen molar-refractivity contribution >= 4 is 59.2 Å². The number of rotatable bonds is 1. The lowest BCUT2D eigenvalue weighted by Crippen LogP contribution is -1.99. The highest BCUT2D eigenvalue weighted by Gasteiger charge is 2.23. The lowest BCUT2D eigenvalue weighted by atomic mass is 10.2. The van der Waals surface area contributed by atoms with Crippen LogP contribution in [0.3, 0.4) is 0 Å². The molecule has 0 N–H and O–H groups in total. The minimum absolute atomic E-state index is 0.390. The van der Waals surface area contributed by atoms with E-state index in [1.807, 2.05) is 0 Å². The zero-order chi connectivity index (χ0) is 10.8. The van der Waals surface area contributed by atoms with Crippen LogP contribution in [0.25, 0.3) is 0 Å². The molecule has 0 spiro atoms. The third-order valence-electron chi connectivity index (χ3n) is 1.47. The number of isocyanates is 1. The van der Waals surface area contributed by atoms with E-state index < -0.39 is 3.79 Å². The number of thiol groups is 1. The molecule has 1 aromatic rings. The molecule has 0 aliphatic heterocycles. The average Bonchev–Trinajstić information content (AvgIpc) is 2.07. The summed E-state index contributed by atoms with van der Waals surface area (Å²) in [5.41, 5.74) is 0.860. The van der Waals surface area contributed by atoms with E-state index in [4.69, 9.17) is 34.8 Å². The van der Waals surface area contributed by atoms with Gasteiger partial charge in [-0.3, -0.25) is 0 Å². The van der Waals surface area contributed by atoms with Crippen LogP contribution in [-0.2, 0) is 8.59 Å². The molecule has 0 radical (unpaired) electrons. The molecule has 0 saturated carbocycles. The Kier molecular flexibility index (Phi) is 3.87. The highest BCUT2D eigenvalue weighted by Crippen LogP contribution is 2.40. The fourth-order valence-electron chi connectivity index (χ4n) is 0.843. The number of hydrogen-bond acceptors (Lipinski definition) is 3. The molecule has 0 atom stereocenters. The predicted molar refractivity (Wildman–Crippen MR) is 60.7 cm³/mol. The summed E-state index contributed by atoms with van der Waals surface area (Å²) in [7, 11) is 0. The zero-order valence-corrected chi connectivity index (χ0v) is 9.83. The third-order valence-corrected chi connectivity index (χ3v) is 2.48. The zero-order valence-electron chi connectivity index (χ0n) is 6.67. The van der Waals surface area contributed by atoms with Crippen molar-refractivity contribution in [1.29, 1.82) is 0 Å². The van der Waals surface area contributed by atoms with Crippen molar-refractivity contribution in [1.82, 2.24) is 0 Å². The van der Waals surface area contributed by atoms with E-state index >= 15 is 0 Å². The van der Waals surface area contributed by atoms with Crippen molar-refractivity contribution in [3.63, 3.8) is 0 Å². The molecule has 1 rings (SSSR count). The maximum atomic E-state index is 10.0. The van der Waals surface area contributed by atoms with E-state index in [0.717, 1.165) is 0 Å². The lowest BCUT2D eigenvalue weighted by Gasteiger charge is -2.11. The minimum Gasteiger partial charge on any atom is -0.211 e. The molecule has 1 aromatic carbocycles. The molecule has 0 unspecified atom stereocenters. The standard InChI is InChI=1S/C8H4Cl3NOS/c9-8(10,11)5-1-2-6(12-4-13)7(14)3-5/h1-3,14H. The molecule has 0 fully saturated rings. The fraction of sp³-hybridized carbons (Fsp3) is 0.125. The first-order chi connectivity index (χ1) is 6.45. The van der Waals surface area contributed by atoms with Crippen molar-refractivity contribution < 1.29 is 4.79 Å². The molecule has 0 heterocycles. The van der Waals surface area contributed by atoms with Crippen molar-refractivity contribution in [3.8, 4) is 0 Å². The van der Waals surface area contributed by atoms with Gasteiger partial charge in [0.2, 0.25) is 9.87 Å². The second kappa shape index (κ2) is 4.56. The SMILES string of the molecule is O=C=Nc1ccc(C(Cl)(Cl)Cl)cc1S. The lowest BCUT2D eigenvalue weighted by molar-refractivity contribution is 0.565. The normalized spacial score (nSPS) is 10.9. The average molecular weight is 269 g/mol. The number of hydrogen-bond donors (Lipinski definition) is 1. The van der Waals surface area contributed by atoms with Crippen molar-refractivity contribution in [2.75, 3.05) is 0 Å². The van der Waals surface area contributed by atoms with E-state index in [9.17, 15) is 4.79 Å². The second-order valence-corrected chi connectivity index (χ2v) is 5.17. The molecular formula is C8H4Cl3NOS. The maximum Gasteiger partial charge on any atom is 0.240 e. The summed E-state index contributed by atoms with van der Waals surface area (Å²) < 4.78 is -1.50. The van der Waals surface area contributed by atoms with Crippen molar-refractivity contribution in [3.05, 3.63) is 23.8 Å². The van der Waals surface area contributed by atoms with Crippen LogP contribution >= 0.6 is 47.4 Å². The van der Waals surface area contributed by atoms with Gasteiger partial charge in [-0.25, -0.2) is 4.79 Å². The van der Waals surface area contributed by atoms with E-state index in [2.05, 4.69) is 17.6 Å². The highest BCUT2D eigenvalue weighted by molar-refractivity contribution is 7.80. The van der Waals surface area contributed by atoms with Gasteiger partial charge in [0, 0.05) is 10.5 Å². The van der Waals surface area contributed by atoms with Crippen LogP contribution in [0.15, 0.2) is 28.1 Å². The van der Waals surface area contributed by atoms with Crippen LogP contribution in [0.4, 0.5) is 5.69 Å². The molecule has 0 aliphatic rings. The smallest absolute Gasteiger partial charge is 0.211 e. The van der Waals surface area contributed by atoms with Gasteiger partial charge in [-0.1, -0.05) is 40.9 Å². The first-order valence-electron chi connectivity index (χ1n) is 3.43. The van der Waals surface area contributed by atoms with E-state index in [-0.39, 0.29) is 0 Å². The number of benzene rings is 1. The Morgan fingerprint density at radius 1 is 1.36 bits per heavy atom. The van der Waals surface area contributed by atoms with Gasteiger partial charge < -0.3 is 0 Å². The van der Waals surface area contributed by atoms with Crippen LogP contribution in [-0.4, -0.2) is 6.08 Å². The third kappa shape index (κ3) is 2.91. The molecule has 0 saturated heterocycles. The Hall–Kier alpha value is -0.180. The summed E-state index contributed by atoms with van der Waals surface area (Å²) in [6, 6.07) is 4.62. The summed E-state index contributed by atoms with van der Waals surface area (Å²) >= 11 is 21.0. The molecule has 2 nitrogen and oxygen atoms in total. The van der Waals surface area contributed by atoms with Crippen LogP contribution in [0.1, 0.15) is 5.56 Å². The predicted octanol–water partition coefficient (Wildman–Crippen LogP) is 3.77. The van der Waals surface area contributed by atoms with Gasteiger partial charge in [0.05, 0.1) is 5.69 Å². The van der Waals surface area contributed by atoms with Gasteiger partial charge >= 0.3 is 0 Å².